The molecule has 1 atom stereocenters. The van der Waals surface area contributed by atoms with Gasteiger partial charge in [-0.25, -0.2) is 0 Å². The minimum absolute atomic E-state index is 0.0103. The molecule has 0 bridgehead atoms. The Kier molecular flexibility index (Phi) is 6.57. The summed E-state index contributed by atoms with van der Waals surface area (Å²) in [5, 5.41) is 9.12. The molecular formula is C26H30N4O2. The zero-order chi connectivity index (χ0) is 22.7. The Morgan fingerprint density at radius 3 is 2.53 bits per heavy atom. The molecule has 0 spiro atoms. The normalized spacial score (nSPS) is 19.2. The van der Waals surface area contributed by atoms with Crippen molar-refractivity contribution in [1.29, 1.82) is 5.26 Å². The van der Waals surface area contributed by atoms with Crippen LogP contribution in [0.15, 0.2) is 48.5 Å². The number of nitrogens with zero attached hydrogens (tertiary/aromatic N) is 4. The third kappa shape index (κ3) is 4.53. The molecule has 166 valence electrons. The molecule has 0 aromatic heterocycles. The molecule has 6 heteroatoms. The van der Waals surface area contributed by atoms with E-state index < -0.39 is 0 Å². The molecule has 0 saturated carbocycles. The maximum atomic E-state index is 13.0. The van der Waals surface area contributed by atoms with E-state index in [-0.39, 0.29) is 17.9 Å². The molecule has 6 nitrogen and oxygen atoms in total. The summed E-state index contributed by atoms with van der Waals surface area (Å²) in [6, 6.07) is 17.9. The molecule has 2 aliphatic rings. The molecule has 4 rings (SSSR count). The molecule has 0 N–H and O–H groups in total. The first-order valence-corrected chi connectivity index (χ1v) is 11.3. The van der Waals surface area contributed by atoms with Crippen LogP contribution >= 0.6 is 0 Å². The van der Waals surface area contributed by atoms with Crippen LogP contribution in [0.5, 0.6) is 0 Å². The molecular weight excluding hydrogens is 400 g/mol. The number of piperidine rings is 1. The SMILES string of the molecule is CN(C)C(=O)CC1c2ccccc2CCN1C1CCN(C(=O)c2cccc(C#N)c2)CC1. The molecule has 1 fully saturated rings. The van der Waals surface area contributed by atoms with Crippen LogP contribution in [0.4, 0.5) is 0 Å². The van der Waals surface area contributed by atoms with Crippen molar-refractivity contribution in [2.45, 2.75) is 37.8 Å². The second-order valence-electron chi connectivity index (χ2n) is 8.91. The molecule has 2 aromatic carbocycles. The summed E-state index contributed by atoms with van der Waals surface area (Å²) in [6.07, 6.45) is 3.24. The Balaban J connectivity index is 1.47. The Bertz CT molecular complexity index is 1030. The smallest absolute Gasteiger partial charge is 0.253 e. The third-order valence-electron chi connectivity index (χ3n) is 6.78. The Morgan fingerprint density at radius 2 is 1.81 bits per heavy atom. The molecule has 32 heavy (non-hydrogen) atoms. The van der Waals surface area contributed by atoms with E-state index in [1.54, 1.807) is 29.2 Å². The summed E-state index contributed by atoms with van der Waals surface area (Å²) >= 11 is 0. The van der Waals surface area contributed by atoms with Crippen molar-refractivity contribution in [3.05, 3.63) is 70.8 Å². The van der Waals surface area contributed by atoms with Crippen molar-refractivity contribution in [3.8, 4) is 6.07 Å². The predicted octanol–water partition coefficient (Wildman–Crippen LogP) is 3.24. The van der Waals surface area contributed by atoms with Crippen molar-refractivity contribution in [2.24, 2.45) is 0 Å². The maximum absolute atomic E-state index is 13.0. The quantitative estimate of drug-likeness (QED) is 0.747. The van der Waals surface area contributed by atoms with Crippen LogP contribution in [0.2, 0.25) is 0 Å². The van der Waals surface area contributed by atoms with E-state index >= 15 is 0 Å². The number of amides is 2. The molecule has 2 amide bonds. The third-order valence-corrected chi connectivity index (χ3v) is 6.78. The number of hydrogen-bond donors (Lipinski definition) is 0. The lowest BCUT2D eigenvalue weighted by Gasteiger charge is -2.45. The van der Waals surface area contributed by atoms with Crippen LogP contribution in [0.3, 0.4) is 0 Å². The summed E-state index contributed by atoms with van der Waals surface area (Å²) in [5.41, 5.74) is 3.68. The summed E-state index contributed by atoms with van der Waals surface area (Å²) in [6.45, 7) is 2.31. The highest BCUT2D eigenvalue weighted by molar-refractivity contribution is 5.94. The van der Waals surface area contributed by atoms with Crippen LogP contribution in [0, 0.1) is 11.3 Å². The van der Waals surface area contributed by atoms with E-state index in [4.69, 9.17) is 5.26 Å². The van der Waals surface area contributed by atoms with Gasteiger partial charge in [0.1, 0.15) is 0 Å². The zero-order valence-corrected chi connectivity index (χ0v) is 18.8. The van der Waals surface area contributed by atoms with Gasteiger partial charge in [0.15, 0.2) is 0 Å². The molecule has 1 saturated heterocycles. The van der Waals surface area contributed by atoms with Crippen LogP contribution in [0.25, 0.3) is 0 Å². The maximum Gasteiger partial charge on any atom is 0.253 e. The lowest BCUT2D eigenvalue weighted by Crippen LogP contribution is -2.50. The topological polar surface area (TPSA) is 67.7 Å². The Hall–Kier alpha value is -3.17. The van der Waals surface area contributed by atoms with Gasteiger partial charge < -0.3 is 9.80 Å². The summed E-state index contributed by atoms with van der Waals surface area (Å²) < 4.78 is 0. The lowest BCUT2D eigenvalue weighted by atomic mass is 9.87. The fourth-order valence-electron chi connectivity index (χ4n) is 4.99. The first-order valence-electron chi connectivity index (χ1n) is 11.3. The van der Waals surface area contributed by atoms with Gasteiger partial charge in [-0.3, -0.25) is 14.5 Å². The summed E-state index contributed by atoms with van der Waals surface area (Å²) in [4.78, 5) is 31.6. The number of nitriles is 1. The van der Waals surface area contributed by atoms with Crippen molar-refractivity contribution < 1.29 is 9.59 Å². The second-order valence-corrected chi connectivity index (χ2v) is 8.91. The molecule has 2 heterocycles. The molecule has 0 radical (unpaired) electrons. The number of hydrogen-bond acceptors (Lipinski definition) is 4. The van der Waals surface area contributed by atoms with Crippen LogP contribution in [-0.2, 0) is 11.2 Å². The van der Waals surface area contributed by atoms with Gasteiger partial charge in [-0.05, 0) is 48.6 Å². The van der Waals surface area contributed by atoms with Crippen molar-refractivity contribution in [3.63, 3.8) is 0 Å². The number of carbonyl (C=O) groups excluding carboxylic acids is 2. The molecule has 2 aliphatic heterocycles. The van der Waals surface area contributed by atoms with Crippen LogP contribution in [0.1, 0.15) is 52.4 Å². The van der Waals surface area contributed by atoms with Gasteiger partial charge in [0, 0.05) is 57.8 Å². The first kappa shape index (κ1) is 22.0. The van der Waals surface area contributed by atoms with Crippen molar-refractivity contribution in [1.82, 2.24) is 14.7 Å². The summed E-state index contributed by atoms with van der Waals surface area (Å²) in [5.74, 6) is 0.130. The van der Waals surface area contributed by atoms with Gasteiger partial charge in [-0.2, -0.15) is 5.26 Å². The van der Waals surface area contributed by atoms with E-state index in [1.807, 2.05) is 19.0 Å². The highest BCUT2D eigenvalue weighted by Crippen LogP contribution is 2.36. The minimum atomic E-state index is -0.0103. The number of likely N-dealkylation sites (tertiary alicyclic amines) is 1. The fraction of sp³-hybridized carbons (Fsp3) is 0.423. The van der Waals surface area contributed by atoms with E-state index in [9.17, 15) is 9.59 Å². The van der Waals surface area contributed by atoms with E-state index in [0.29, 0.717) is 36.7 Å². The van der Waals surface area contributed by atoms with Crippen LogP contribution < -0.4 is 0 Å². The lowest BCUT2D eigenvalue weighted by molar-refractivity contribution is -0.130. The number of rotatable bonds is 4. The first-order chi connectivity index (χ1) is 15.5. The number of benzene rings is 2. The largest absolute Gasteiger partial charge is 0.349 e. The van der Waals surface area contributed by atoms with E-state index in [2.05, 4.69) is 35.2 Å². The van der Waals surface area contributed by atoms with E-state index in [0.717, 1.165) is 25.8 Å². The van der Waals surface area contributed by atoms with Gasteiger partial charge >= 0.3 is 0 Å². The molecule has 1 unspecified atom stereocenters. The zero-order valence-electron chi connectivity index (χ0n) is 18.8. The Labute approximate surface area is 190 Å². The van der Waals surface area contributed by atoms with Gasteiger partial charge in [0.25, 0.3) is 5.91 Å². The number of fused-ring (bicyclic) bond motifs is 1. The van der Waals surface area contributed by atoms with Gasteiger partial charge in [0.2, 0.25) is 5.91 Å². The average Bonchev–Trinajstić information content (AvgIpc) is 2.84. The van der Waals surface area contributed by atoms with Gasteiger partial charge in [0.05, 0.1) is 11.6 Å². The average molecular weight is 431 g/mol. The van der Waals surface area contributed by atoms with Gasteiger partial charge in [-0.15, -0.1) is 0 Å². The monoisotopic (exact) mass is 430 g/mol. The second kappa shape index (κ2) is 9.54. The van der Waals surface area contributed by atoms with Crippen molar-refractivity contribution >= 4 is 11.8 Å². The van der Waals surface area contributed by atoms with E-state index in [1.165, 1.54) is 11.1 Å². The minimum Gasteiger partial charge on any atom is -0.349 e. The van der Waals surface area contributed by atoms with Crippen LogP contribution in [-0.4, -0.2) is 66.3 Å². The highest BCUT2D eigenvalue weighted by atomic mass is 16.2. The Morgan fingerprint density at radius 1 is 1.06 bits per heavy atom. The number of carbonyl (C=O) groups is 2. The van der Waals surface area contributed by atoms with Gasteiger partial charge in [-0.1, -0.05) is 30.3 Å². The molecule has 0 aliphatic carbocycles. The summed E-state index contributed by atoms with van der Waals surface area (Å²) in [7, 11) is 3.62. The predicted molar refractivity (Wildman–Crippen MR) is 123 cm³/mol. The standard InChI is InChI=1S/C26H30N4O2/c1-28(2)25(31)17-24-23-9-4-3-7-20(23)10-15-30(24)22-11-13-29(14-12-22)26(32)21-8-5-6-19(16-21)18-27/h3-9,16,22,24H,10-15,17H2,1-2H3. The molecule has 2 aromatic rings. The highest BCUT2D eigenvalue weighted by Gasteiger charge is 2.36. The van der Waals surface area contributed by atoms with Crippen molar-refractivity contribution in [2.75, 3.05) is 33.7 Å². The fourth-order valence-corrected chi connectivity index (χ4v) is 4.99.